The van der Waals surface area contributed by atoms with Gasteiger partial charge < -0.3 is 14.6 Å². The Balaban J connectivity index is 1.57. The van der Waals surface area contributed by atoms with Crippen LogP contribution in [-0.2, 0) is 26.1 Å². The summed E-state index contributed by atoms with van der Waals surface area (Å²) in [7, 11) is 0. The fourth-order valence-corrected chi connectivity index (χ4v) is 4.95. The molecule has 3 aromatic rings. The summed E-state index contributed by atoms with van der Waals surface area (Å²) in [6.07, 6.45) is 6.75. The molecule has 0 unspecified atom stereocenters. The molecule has 5 heteroatoms. The molecule has 0 radical (unpaired) electrons. The van der Waals surface area contributed by atoms with Crippen LogP contribution in [-0.4, -0.2) is 16.5 Å². The second kappa shape index (κ2) is 11.5. The third kappa shape index (κ3) is 6.44. The lowest BCUT2D eigenvalue weighted by Gasteiger charge is -2.29. The molecule has 0 saturated carbocycles. The number of aliphatic hydroxyl groups is 1. The quantitative estimate of drug-likeness (QED) is 0.280. The van der Waals surface area contributed by atoms with Crippen LogP contribution in [0, 0.1) is 6.92 Å². The minimum atomic E-state index is -0.395. The second-order valence-corrected chi connectivity index (χ2v) is 10.6. The van der Waals surface area contributed by atoms with Crippen LogP contribution in [0.15, 0.2) is 54.6 Å². The van der Waals surface area contributed by atoms with Crippen molar-refractivity contribution in [1.82, 2.24) is 0 Å². The molecule has 0 aliphatic carbocycles. The van der Waals surface area contributed by atoms with Gasteiger partial charge in [-0.3, -0.25) is 4.79 Å². The zero-order valence-electron chi connectivity index (χ0n) is 22.1. The van der Waals surface area contributed by atoms with Crippen LogP contribution in [0.2, 0.25) is 5.02 Å². The van der Waals surface area contributed by atoms with E-state index in [1.807, 2.05) is 81.5 Å². The van der Waals surface area contributed by atoms with Crippen molar-refractivity contribution in [1.29, 1.82) is 0 Å². The topological polar surface area (TPSA) is 55.8 Å². The SMILES string of the molecule is CCCc1ccc(C(=O)CCc2c(CO)ccc3c2C=CC(C)(C)O3)c(OCc2ccc(C)cc2Cl)c1. The molecule has 3 aromatic carbocycles. The van der Waals surface area contributed by atoms with Gasteiger partial charge in [-0.2, -0.15) is 0 Å². The van der Waals surface area contributed by atoms with E-state index < -0.39 is 5.60 Å². The van der Waals surface area contributed by atoms with E-state index in [0.717, 1.165) is 52.0 Å². The van der Waals surface area contributed by atoms with Gasteiger partial charge in [-0.25, -0.2) is 0 Å². The van der Waals surface area contributed by atoms with Crippen LogP contribution in [0.25, 0.3) is 6.08 Å². The van der Waals surface area contributed by atoms with Crippen molar-refractivity contribution in [3.63, 3.8) is 0 Å². The Kier molecular flexibility index (Phi) is 8.41. The molecule has 37 heavy (non-hydrogen) atoms. The number of aryl methyl sites for hydroxylation is 2. The first-order valence-electron chi connectivity index (χ1n) is 12.9. The lowest BCUT2D eigenvalue weighted by molar-refractivity contribution is 0.0977. The van der Waals surface area contributed by atoms with Gasteiger partial charge in [0.1, 0.15) is 23.7 Å². The van der Waals surface area contributed by atoms with Crippen LogP contribution in [0.1, 0.15) is 77.4 Å². The second-order valence-electron chi connectivity index (χ2n) is 10.2. The minimum absolute atomic E-state index is 0.00409. The number of Topliss-reactive ketones (excluding diaryl/α,β-unsaturated/α-hetero) is 1. The molecule has 194 valence electrons. The maximum Gasteiger partial charge on any atom is 0.166 e. The Morgan fingerprint density at radius 3 is 2.57 bits per heavy atom. The average Bonchev–Trinajstić information content (AvgIpc) is 2.86. The molecule has 1 heterocycles. The summed E-state index contributed by atoms with van der Waals surface area (Å²) in [4.78, 5) is 13.5. The molecule has 4 rings (SSSR count). The van der Waals surface area contributed by atoms with Crippen molar-refractivity contribution in [2.45, 2.75) is 72.2 Å². The third-order valence-corrected chi connectivity index (χ3v) is 7.04. The lowest BCUT2D eigenvalue weighted by Crippen LogP contribution is -2.28. The van der Waals surface area contributed by atoms with Crippen molar-refractivity contribution in [3.05, 3.63) is 98.6 Å². The van der Waals surface area contributed by atoms with Crippen molar-refractivity contribution in [2.75, 3.05) is 0 Å². The standard InChI is InChI=1S/C32H35ClO4/c1-5-6-22-8-11-27(31(18-22)36-20-24-9-7-21(2)17-28(24)33)29(35)13-12-25-23(19-34)10-14-30-26(25)15-16-32(3,4)37-30/h7-11,14-18,34H,5-6,12-13,19-20H2,1-4H3. The smallest absolute Gasteiger partial charge is 0.166 e. The first-order chi connectivity index (χ1) is 17.7. The Labute approximate surface area is 224 Å². The zero-order valence-corrected chi connectivity index (χ0v) is 22.8. The summed E-state index contributed by atoms with van der Waals surface area (Å²) in [5.74, 6) is 1.35. The van der Waals surface area contributed by atoms with E-state index in [9.17, 15) is 9.90 Å². The molecule has 1 aliphatic rings. The fraction of sp³-hybridized carbons (Fsp3) is 0.344. The normalized spacial score (nSPS) is 13.7. The van der Waals surface area contributed by atoms with Crippen molar-refractivity contribution in [2.24, 2.45) is 0 Å². The number of rotatable bonds is 10. The number of halogens is 1. The summed E-state index contributed by atoms with van der Waals surface area (Å²) in [6.45, 7) is 8.33. The monoisotopic (exact) mass is 518 g/mol. The van der Waals surface area contributed by atoms with Gasteiger partial charge in [0.05, 0.1) is 12.2 Å². The van der Waals surface area contributed by atoms with Crippen LogP contribution < -0.4 is 9.47 Å². The number of ether oxygens (including phenoxy) is 2. The molecule has 0 spiro atoms. The number of hydrogen-bond acceptors (Lipinski definition) is 4. The number of carbonyl (C=O) groups excluding carboxylic acids is 1. The number of hydrogen-bond donors (Lipinski definition) is 1. The van der Waals surface area contributed by atoms with E-state index in [1.54, 1.807) is 0 Å². The van der Waals surface area contributed by atoms with Crippen molar-refractivity contribution >= 4 is 23.5 Å². The van der Waals surface area contributed by atoms with E-state index in [0.29, 0.717) is 22.8 Å². The summed E-state index contributed by atoms with van der Waals surface area (Å²) in [6, 6.07) is 15.5. The molecule has 4 nitrogen and oxygen atoms in total. The fourth-order valence-electron chi connectivity index (χ4n) is 4.66. The molecular formula is C32H35ClO4. The van der Waals surface area contributed by atoms with E-state index in [-0.39, 0.29) is 25.4 Å². The molecule has 0 amide bonds. The molecule has 0 saturated heterocycles. The maximum atomic E-state index is 13.5. The van der Waals surface area contributed by atoms with Gasteiger partial charge in [0, 0.05) is 22.6 Å². The third-order valence-electron chi connectivity index (χ3n) is 6.69. The Morgan fingerprint density at radius 2 is 1.84 bits per heavy atom. The van der Waals surface area contributed by atoms with Crippen LogP contribution in [0.5, 0.6) is 11.5 Å². The summed E-state index contributed by atoms with van der Waals surface area (Å²) in [5.41, 5.74) is 5.95. The van der Waals surface area contributed by atoms with Crippen LogP contribution in [0.3, 0.4) is 0 Å². The van der Waals surface area contributed by atoms with E-state index >= 15 is 0 Å². The van der Waals surface area contributed by atoms with Crippen LogP contribution >= 0.6 is 11.6 Å². The highest BCUT2D eigenvalue weighted by atomic mass is 35.5. The molecule has 0 fully saturated rings. The highest BCUT2D eigenvalue weighted by Gasteiger charge is 2.25. The predicted octanol–water partition coefficient (Wildman–Crippen LogP) is 7.67. The summed E-state index contributed by atoms with van der Waals surface area (Å²) >= 11 is 6.42. The van der Waals surface area contributed by atoms with Gasteiger partial charge in [0.25, 0.3) is 0 Å². The Bertz CT molecular complexity index is 1320. The first-order valence-corrected chi connectivity index (χ1v) is 13.3. The molecular weight excluding hydrogens is 484 g/mol. The van der Waals surface area contributed by atoms with Gasteiger partial charge in [0.15, 0.2) is 5.78 Å². The van der Waals surface area contributed by atoms with Gasteiger partial charge >= 0.3 is 0 Å². The van der Waals surface area contributed by atoms with E-state index in [2.05, 4.69) is 6.92 Å². The Hall–Kier alpha value is -3.08. The van der Waals surface area contributed by atoms with Crippen molar-refractivity contribution in [3.8, 4) is 11.5 Å². The molecule has 0 atom stereocenters. The lowest BCUT2D eigenvalue weighted by atomic mass is 9.91. The Morgan fingerprint density at radius 1 is 1.05 bits per heavy atom. The summed E-state index contributed by atoms with van der Waals surface area (Å²) < 4.78 is 12.3. The molecule has 1 N–H and O–H groups in total. The van der Waals surface area contributed by atoms with E-state index in [1.165, 1.54) is 0 Å². The number of carbonyl (C=O) groups is 1. The van der Waals surface area contributed by atoms with Gasteiger partial charge in [-0.15, -0.1) is 0 Å². The molecule has 1 aliphatic heterocycles. The molecule has 0 aromatic heterocycles. The number of benzene rings is 3. The number of aliphatic hydroxyl groups excluding tert-OH is 1. The van der Waals surface area contributed by atoms with Gasteiger partial charge in [0.2, 0.25) is 0 Å². The summed E-state index contributed by atoms with van der Waals surface area (Å²) in [5, 5.41) is 10.6. The van der Waals surface area contributed by atoms with Gasteiger partial charge in [-0.05, 0) is 86.2 Å². The number of ketones is 1. The number of fused-ring (bicyclic) bond motifs is 1. The largest absolute Gasteiger partial charge is 0.488 e. The highest BCUT2D eigenvalue weighted by Crippen LogP contribution is 2.36. The maximum absolute atomic E-state index is 13.5. The van der Waals surface area contributed by atoms with Gasteiger partial charge in [-0.1, -0.05) is 55.3 Å². The molecule has 0 bridgehead atoms. The average molecular weight is 519 g/mol. The zero-order chi connectivity index (χ0) is 26.6. The predicted molar refractivity (Wildman–Crippen MR) is 150 cm³/mol. The first kappa shape index (κ1) is 27.0. The minimum Gasteiger partial charge on any atom is -0.488 e. The van der Waals surface area contributed by atoms with Crippen molar-refractivity contribution < 1.29 is 19.4 Å². The highest BCUT2D eigenvalue weighted by molar-refractivity contribution is 6.31. The van der Waals surface area contributed by atoms with Crippen LogP contribution in [0.4, 0.5) is 0 Å². The van der Waals surface area contributed by atoms with E-state index in [4.69, 9.17) is 21.1 Å².